The van der Waals surface area contributed by atoms with Crippen LogP contribution in [-0.2, 0) is 0 Å². The van der Waals surface area contributed by atoms with Crippen molar-refractivity contribution in [2.24, 2.45) is 0 Å². The summed E-state index contributed by atoms with van der Waals surface area (Å²) in [4.78, 5) is 3.87. The highest BCUT2D eigenvalue weighted by Crippen LogP contribution is 2.08. The highest BCUT2D eigenvalue weighted by atomic mass is 79.9. The smallest absolute Gasteiger partial charge is 0.129 e. The van der Waals surface area contributed by atoms with Crippen LogP contribution in [0.15, 0.2) is 24.4 Å². The van der Waals surface area contributed by atoms with Gasteiger partial charge in [-0.25, -0.2) is 4.98 Å². The Morgan fingerprint density at radius 3 is 3.09 bits per heavy atom. The van der Waals surface area contributed by atoms with Crippen LogP contribution in [0.2, 0.25) is 5.15 Å². The van der Waals surface area contributed by atoms with Crippen LogP contribution in [-0.4, -0.2) is 10.3 Å². The number of halogens is 2. The summed E-state index contributed by atoms with van der Waals surface area (Å²) in [6, 6.07) is 3.73. The monoisotopic (exact) mass is 231 g/mol. The van der Waals surface area contributed by atoms with Crippen molar-refractivity contribution in [1.82, 2.24) is 4.98 Å². The number of alkyl halides is 1. The first kappa shape index (κ1) is 8.75. The molecule has 0 aliphatic carbocycles. The van der Waals surface area contributed by atoms with Gasteiger partial charge in [0.25, 0.3) is 0 Å². The first-order valence-electron chi connectivity index (χ1n) is 3.17. The van der Waals surface area contributed by atoms with Gasteiger partial charge in [-0.1, -0.05) is 39.7 Å². The van der Waals surface area contributed by atoms with E-state index >= 15 is 0 Å². The molecule has 0 aromatic carbocycles. The first-order chi connectivity index (χ1) is 5.33. The Labute approximate surface area is 79.2 Å². The summed E-state index contributed by atoms with van der Waals surface area (Å²) in [5, 5.41) is 1.38. The van der Waals surface area contributed by atoms with E-state index in [1.165, 1.54) is 0 Å². The standard InChI is InChI=1S/C8H7BrClN/c9-4-1-2-7-3-5-11-8(10)6-7/h1-3,5-6H,4H2. The molecule has 0 N–H and O–H groups in total. The van der Waals surface area contributed by atoms with Gasteiger partial charge in [0.05, 0.1) is 0 Å². The normalized spacial score (nSPS) is 10.7. The topological polar surface area (TPSA) is 12.9 Å². The van der Waals surface area contributed by atoms with Crippen molar-refractivity contribution in [2.75, 3.05) is 5.33 Å². The molecule has 0 amide bonds. The van der Waals surface area contributed by atoms with E-state index in [0.717, 1.165) is 10.9 Å². The second-order valence-corrected chi connectivity index (χ2v) is 3.00. The minimum absolute atomic E-state index is 0.529. The number of hydrogen-bond acceptors (Lipinski definition) is 1. The van der Waals surface area contributed by atoms with Crippen LogP contribution in [0.25, 0.3) is 6.08 Å². The fourth-order valence-corrected chi connectivity index (χ4v) is 1.07. The van der Waals surface area contributed by atoms with Gasteiger partial charge in [-0.15, -0.1) is 0 Å². The third kappa shape index (κ3) is 3.04. The maximum Gasteiger partial charge on any atom is 0.129 e. The van der Waals surface area contributed by atoms with Crippen molar-refractivity contribution < 1.29 is 0 Å². The van der Waals surface area contributed by atoms with Gasteiger partial charge in [0.1, 0.15) is 5.15 Å². The third-order valence-corrected chi connectivity index (χ3v) is 1.73. The van der Waals surface area contributed by atoms with Crippen LogP contribution < -0.4 is 0 Å². The van der Waals surface area contributed by atoms with E-state index in [4.69, 9.17) is 11.6 Å². The molecule has 0 spiro atoms. The Kier molecular flexibility index (Phi) is 3.60. The number of nitrogens with zero attached hydrogens (tertiary/aromatic N) is 1. The molecule has 0 fully saturated rings. The van der Waals surface area contributed by atoms with Gasteiger partial charge in [0.2, 0.25) is 0 Å². The second kappa shape index (κ2) is 4.52. The first-order valence-corrected chi connectivity index (χ1v) is 4.67. The molecule has 0 saturated carbocycles. The predicted molar refractivity (Wildman–Crippen MR) is 52.1 cm³/mol. The van der Waals surface area contributed by atoms with Crippen molar-refractivity contribution in [1.29, 1.82) is 0 Å². The Morgan fingerprint density at radius 1 is 1.64 bits per heavy atom. The Hall–Kier alpha value is -0.340. The minimum atomic E-state index is 0.529. The van der Waals surface area contributed by atoms with Crippen LogP contribution in [0.5, 0.6) is 0 Å². The molecule has 0 atom stereocenters. The largest absolute Gasteiger partial charge is 0.245 e. The highest BCUT2D eigenvalue weighted by molar-refractivity contribution is 9.09. The van der Waals surface area contributed by atoms with Crippen molar-refractivity contribution in [3.8, 4) is 0 Å². The molecule has 1 rings (SSSR count). The van der Waals surface area contributed by atoms with Gasteiger partial charge < -0.3 is 0 Å². The summed E-state index contributed by atoms with van der Waals surface area (Å²) in [5.74, 6) is 0. The van der Waals surface area contributed by atoms with E-state index in [1.807, 2.05) is 24.3 Å². The molecule has 3 heteroatoms. The summed E-state index contributed by atoms with van der Waals surface area (Å²) < 4.78 is 0. The van der Waals surface area contributed by atoms with E-state index in [1.54, 1.807) is 6.20 Å². The summed E-state index contributed by atoms with van der Waals surface area (Å²) in [5.41, 5.74) is 1.07. The number of allylic oxidation sites excluding steroid dienone is 1. The molecular formula is C8H7BrClN. The van der Waals surface area contributed by atoms with Crippen molar-refractivity contribution in [3.05, 3.63) is 35.1 Å². The average molecular weight is 233 g/mol. The molecule has 58 valence electrons. The van der Waals surface area contributed by atoms with E-state index in [2.05, 4.69) is 20.9 Å². The van der Waals surface area contributed by atoms with Gasteiger partial charge in [-0.05, 0) is 17.7 Å². The maximum atomic E-state index is 5.67. The van der Waals surface area contributed by atoms with Crippen LogP contribution in [0, 0.1) is 0 Å². The average Bonchev–Trinajstić information content (AvgIpc) is 2.01. The van der Waals surface area contributed by atoms with Crippen LogP contribution >= 0.6 is 27.5 Å². The molecule has 0 aliphatic heterocycles. The van der Waals surface area contributed by atoms with E-state index in [-0.39, 0.29) is 0 Å². The van der Waals surface area contributed by atoms with Gasteiger partial charge in [0, 0.05) is 11.5 Å². The summed E-state index contributed by atoms with van der Waals surface area (Å²) in [6.07, 6.45) is 5.68. The fourth-order valence-electron chi connectivity index (χ4n) is 0.702. The van der Waals surface area contributed by atoms with Crippen LogP contribution in [0.3, 0.4) is 0 Å². The Morgan fingerprint density at radius 2 is 2.45 bits per heavy atom. The van der Waals surface area contributed by atoms with E-state index < -0.39 is 0 Å². The molecule has 0 radical (unpaired) electrons. The lowest BCUT2D eigenvalue weighted by atomic mass is 10.2. The lowest BCUT2D eigenvalue weighted by molar-refractivity contribution is 1.32. The summed E-state index contributed by atoms with van der Waals surface area (Å²) in [7, 11) is 0. The quantitative estimate of drug-likeness (QED) is 0.564. The van der Waals surface area contributed by atoms with Crippen molar-refractivity contribution in [3.63, 3.8) is 0 Å². The second-order valence-electron chi connectivity index (χ2n) is 1.97. The molecule has 11 heavy (non-hydrogen) atoms. The summed E-state index contributed by atoms with van der Waals surface area (Å²) >= 11 is 8.96. The molecule has 1 aromatic rings. The zero-order valence-corrected chi connectivity index (χ0v) is 8.14. The van der Waals surface area contributed by atoms with Gasteiger partial charge in [0.15, 0.2) is 0 Å². The summed E-state index contributed by atoms with van der Waals surface area (Å²) in [6.45, 7) is 0. The lowest BCUT2D eigenvalue weighted by Crippen LogP contribution is -1.75. The third-order valence-electron chi connectivity index (χ3n) is 1.15. The number of pyridine rings is 1. The van der Waals surface area contributed by atoms with E-state index in [0.29, 0.717) is 5.15 Å². The molecule has 0 bridgehead atoms. The molecule has 0 unspecified atom stereocenters. The zero-order valence-electron chi connectivity index (χ0n) is 5.80. The SMILES string of the molecule is Clc1cc(C=CCBr)ccn1. The molecule has 0 saturated heterocycles. The number of aromatic nitrogens is 1. The zero-order chi connectivity index (χ0) is 8.10. The molecule has 1 aromatic heterocycles. The fraction of sp³-hybridized carbons (Fsp3) is 0.125. The van der Waals surface area contributed by atoms with Crippen molar-refractivity contribution >= 4 is 33.6 Å². The van der Waals surface area contributed by atoms with Gasteiger partial charge in [-0.3, -0.25) is 0 Å². The minimum Gasteiger partial charge on any atom is -0.245 e. The Bertz CT molecular complexity index is 260. The maximum absolute atomic E-state index is 5.67. The van der Waals surface area contributed by atoms with Crippen LogP contribution in [0.4, 0.5) is 0 Å². The predicted octanol–water partition coefficient (Wildman–Crippen LogP) is 3.14. The highest BCUT2D eigenvalue weighted by Gasteiger charge is 1.88. The molecule has 0 aliphatic rings. The van der Waals surface area contributed by atoms with Crippen molar-refractivity contribution in [2.45, 2.75) is 0 Å². The molecule has 1 heterocycles. The number of rotatable bonds is 2. The van der Waals surface area contributed by atoms with Gasteiger partial charge in [-0.2, -0.15) is 0 Å². The van der Waals surface area contributed by atoms with Crippen LogP contribution in [0.1, 0.15) is 5.56 Å². The molecular weight excluding hydrogens is 225 g/mol. The molecule has 1 nitrogen and oxygen atoms in total. The van der Waals surface area contributed by atoms with Gasteiger partial charge >= 0.3 is 0 Å². The van der Waals surface area contributed by atoms with E-state index in [9.17, 15) is 0 Å². The lowest BCUT2D eigenvalue weighted by Gasteiger charge is -1.91. The Balaban J connectivity index is 2.79. The number of hydrogen-bond donors (Lipinski definition) is 0.